The van der Waals surface area contributed by atoms with Crippen LogP contribution in [0, 0.1) is 12.8 Å². The highest BCUT2D eigenvalue weighted by molar-refractivity contribution is 5.97. The van der Waals surface area contributed by atoms with E-state index < -0.39 is 6.04 Å². The number of nitrogens with one attached hydrogen (secondary N) is 2. The normalized spacial score (nSPS) is 11.7. The minimum absolute atomic E-state index is 0.0322. The number of ether oxygens (including phenoxy) is 1. The molecule has 5 nitrogen and oxygen atoms in total. The van der Waals surface area contributed by atoms with E-state index in [0.29, 0.717) is 17.9 Å². The van der Waals surface area contributed by atoms with Crippen LogP contribution in [-0.2, 0) is 11.3 Å². The first-order chi connectivity index (χ1) is 12.4. The zero-order valence-corrected chi connectivity index (χ0v) is 15.7. The quantitative estimate of drug-likeness (QED) is 0.803. The van der Waals surface area contributed by atoms with Gasteiger partial charge in [0, 0.05) is 12.1 Å². The van der Waals surface area contributed by atoms with Gasteiger partial charge in [-0.1, -0.05) is 43.7 Å². The number of carbonyl (C=O) groups excluding carboxylic acids is 2. The van der Waals surface area contributed by atoms with Gasteiger partial charge >= 0.3 is 0 Å². The van der Waals surface area contributed by atoms with Crippen molar-refractivity contribution >= 4 is 11.8 Å². The molecule has 0 unspecified atom stereocenters. The average molecular weight is 354 g/mol. The third kappa shape index (κ3) is 5.34. The summed E-state index contributed by atoms with van der Waals surface area (Å²) in [6.45, 7) is 6.27. The number of hydrogen-bond donors (Lipinski definition) is 2. The molecule has 138 valence electrons. The summed E-state index contributed by atoms with van der Waals surface area (Å²) in [4.78, 5) is 25.0. The third-order valence-corrected chi connectivity index (χ3v) is 4.18. The van der Waals surface area contributed by atoms with Crippen molar-refractivity contribution < 1.29 is 14.3 Å². The molecular weight excluding hydrogens is 328 g/mol. The van der Waals surface area contributed by atoms with Crippen molar-refractivity contribution in [1.29, 1.82) is 0 Å². The van der Waals surface area contributed by atoms with Gasteiger partial charge in [-0.15, -0.1) is 0 Å². The van der Waals surface area contributed by atoms with Gasteiger partial charge in [0.1, 0.15) is 11.8 Å². The Kier molecular flexibility index (Phi) is 6.78. The van der Waals surface area contributed by atoms with Crippen molar-refractivity contribution in [2.45, 2.75) is 33.4 Å². The Morgan fingerprint density at radius 2 is 1.62 bits per heavy atom. The van der Waals surface area contributed by atoms with Crippen molar-refractivity contribution in [2.24, 2.45) is 5.92 Å². The molecule has 0 fully saturated rings. The van der Waals surface area contributed by atoms with Crippen molar-refractivity contribution in [3.8, 4) is 5.75 Å². The molecule has 0 bridgehead atoms. The Morgan fingerprint density at radius 1 is 1.00 bits per heavy atom. The number of aryl methyl sites for hydroxylation is 1. The second-order valence-corrected chi connectivity index (χ2v) is 6.63. The number of amides is 2. The van der Waals surface area contributed by atoms with Crippen molar-refractivity contribution in [2.75, 3.05) is 7.11 Å². The van der Waals surface area contributed by atoms with Crippen molar-refractivity contribution in [1.82, 2.24) is 10.6 Å². The van der Waals surface area contributed by atoms with Crippen LogP contribution >= 0.6 is 0 Å². The number of methoxy groups -OCH3 is 1. The lowest BCUT2D eigenvalue weighted by molar-refractivity contribution is -0.124. The minimum atomic E-state index is -0.602. The van der Waals surface area contributed by atoms with Crippen LogP contribution in [0.4, 0.5) is 0 Å². The van der Waals surface area contributed by atoms with E-state index in [2.05, 4.69) is 10.6 Å². The highest BCUT2D eigenvalue weighted by Gasteiger charge is 2.24. The van der Waals surface area contributed by atoms with Gasteiger partial charge in [-0.3, -0.25) is 9.59 Å². The summed E-state index contributed by atoms with van der Waals surface area (Å²) in [5, 5.41) is 5.72. The molecule has 5 heteroatoms. The molecule has 2 rings (SSSR count). The lowest BCUT2D eigenvalue weighted by Crippen LogP contribution is -2.49. The number of carbonyl (C=O) groups is 2. The molecule has 2 amide bonds. The molecule has 2 N–H and O–H groups in total. The molecule has 0 heterocycles. The fourth-order valence-electron chi connectivity index (χ4n) is 2.51. The first-order valence-electron chi connectivity index (χ1n) is 8.69. The van der Waals surface area contributed by atoms with Gasteiger partial charge in [0.15, 0.2) is 0 Å². The summed E-state index contributed by atoms with van der Waals surface area (Å²) in [5.74, 6) is 0.173. The molecule has 0 spiro atoms. The van der Waals surface area contributed by atoms with Crippen LogP contribution < -0.4 is 15.4 Å². The zero-order chi connectivity index (χ0) is 19.1. The monoisotopic (exact) mass is 354 g/mol. The zero-order valence-electron chi connectivity index (χ0n) is 15.7. The standard InChI is InChI=1S/C21H26N2O3/c1-14(2)19(21(25)22-13-16-7-5-15(3)6-8-16)23-20(24)17-9-11-18(26-4)12-10-17/h5-12,14,19H,13H2,1-4H3,(H,22,25)(H,23,24)/t19-/m1/s1. The van der Waals surface area contributed by atoms with Crippen LogP contribution in [0.15, 0.2) is 48.5 Å². The Balaban J connectivity index is 1.98. The van der Waals surface area contributed by atoms with Gasteiger partial charge in [0.05, 0.1) is 7.11 Å². The number of rotatable bonds is 7. The summed E-state index contributed by atoms with van der Waals surface area (Å²) in [7, 11) is 1.57. The Labute approximate surface area is 154 Å². The molecule has 26 heavy (non-hydrogen) atoms. The van der Waals surface area contributed by atoms with E-state index in [1.807, 2.05) is 45.0 Å². The van der Waals surface area contributed by atoms with Crippen molar-refractivity contribution in [3.63, 3.8) is 0 Å². The summed E-state index contributed by atoms with van der Waals surface area (Å²) < 4.78 is 5.09. The second-order valence-electron chi connectivity index (χ2n) is 6.63. The van der Waals surface area contributed by atoms with Crippen LogP contribution in [0.25, 0.3) is 0 Å². The molecule has 2 aromatic rings. The average Bonchev–Trinajstić information content (AvgIpc) is 2.65. The number of hydrogen-bond acceptors (Lipinski definition) is 3. The van der Waals surface area contributed by atoms with Crippen LogP contribution in [0.1, 0.15) is 35.3 Å². The SMILES string of the molecule is COc1ccc(C(=O)N[C@@H](C(=O)NCc2ccc(C)cc2)C(C)C)cc1. The van der Waals surface area contributed by atoms with E-state index in [-0.39, 0.29) is 17.7 Å². The van der Waals surface area contributed by atoms with Crippen LogP contribution in [-0.4, -0.2) is 25.0 Å². The van der Waals surface area contributed by atoms with E-state index in [0.717, 1.165) is 5.56 Å². The molecule has 1 atom stereocenters. The molecule has 0 saturated carbocycles. The summed E-state index contributed by atoms with van der Waals surface area (Å²) in [5.41, 5.74) is 2.68. The summed E-state index contributed by atoms with van der Waals surface area (Å²) in [6.07, 6.45) is 0. The van der Waals surface area contributed by atoms with Gasteiger partial charge in [0.2, 0.25) is 5.91 Å². The molecule has 0 radical (unpaired) electrons. The molecule has 0 saturated heterocycles. The summed E-state index contributed by atoms with van der Waals surface area (Å²) in [6, 6.07) is 14.2. The van der Waals surface area contributed by atoms with E-state index in [9.17, 15) is 9.59 Å². The molecule has 2 aromatic carbocycles. The Morgan fingerprint density at radius 3 is 2.15 bits per heavy atom. The predicted octanol–water partition coefficient (Wildman–Crippen LogP) is 3.07. The van der Waals surface area contributed by atoms with E-state index in [4.69, 9.17) is 4.74 Å². The highest BCUT2D eigenvalue weighted by atomic mass is 16.5. The maximum absolute atomic E-state index is 12.5. The molecular formula is C21H26N2O3. The van der Waals surface area contributed by atoms with Crippen LogP contribution in [0.2, 0.25) is 0 Å². The van der Waals surface area contributed by atoms with Crippen molar-refractivity contribution in [3.05, 3.63) is 65.2 Å². The molecule has 0 aromatic heterocycles. The van der Waals surface area contributed by atoms with E-state index >= 15 is 0 Å². The van der Waals surface area contributed by atoms with Crippen LogP contribution in [0.3, 0.4) is 0 Å². The third-order valence-electron chi connectivity index (χ3n) is 4.18. The fourth-order valence-corrected chi connectivity index (χ4v) is 2.51. The largest absolute Gasteiger partial charge is 0.497 e. The van der Waals surface area contributed by atoms with E-state index in [1.165, 1.54) is 5.56 Å². The number of benzene rings is 2. The maximum atomic E-state index is 12.5. The summed E-state index contributed by atoms with van der Waals surface area (Å²) >= 11 is 0. The molecule has 0 aliphatic carbocycles. The smallest absolute Gasteiger partial charge is 0.251 e. The first kappa shape index (κ1) is 19.5. The fraction of sp³-hybridized carbons (Fsp3) is 0.333. The second kappa shape index (κ2) is 9.04. The lowest BCUT2D eigenvalue weighted by Gasteiger charge is -2.22. The van der Waals surface area contributed by atoms with Gasteiger partial charge in [-0.05, 0) is 42.7 Å². The van der Waals surface area contributed by atoms with Gasteiger partial charge in [-0.2, -0.15) is 0 Å². The van der Waals surface area contributed by atoms with Gasteiger partial charge < -0.3 is 15.4 Å². The van der Waals surface area contributed by atoms with Crippen LogP contribution in [0.5, 0.6) is 5.75 Å². The molecule has 0 aliphatic rings. The first-order valence-corrected chi connectivity index (χ1v) is 8.69. The minimum Gasteiger partial charge on any atom is -0.497 e. The predicted molar refractivity (Wildman–Crippen MR) is 102 cm³/mol. The van der Waals surface area contributed by atoms with Gasteiger partial charge in [-0.25, -0.2) is 0 Å². The highest BCUT2D eigenvalue weighted by Crippen LogP contribution is 2.12. The van der Waals surface area contributed by atoms with Gasteiger partial charge in [0.25, 0.3) is 5.91 Å². The molecule has 0 aliphatic heterocycles. The maximum Gasteiger partial charge on any atom is 0.251 e. The Hall–Kier alpha value is -2.82. The van der Waals surface area contributed by atoms with E-state index in [1.54, 1.807) is 31.4 Å². The Bertz CT molecular complexity index is 737. The lowest BCUT2D eigenvalue weighted by atomic mass is 10.0. The topological polar surface area (TPSA) is 67.4 Å².